The predicted molar refractivity (Wildman–Crippen MR) is 79.3 cm³/mol. The number of nitrogens with zero attached hydrogens (tertiary/aromatic N) is 2. The summed E-state index contributed by atoms with van der Waals surface area (Å²) in [5, 5.41) is 10.8. The van der Waals surface area contributed by atoms with Gasteiger partial charge in [-0.1, -0.05) is 13.8 Å². The molecular formula is C15H26N4O. The number of hydrogen-bond donors (Lipinski definition) is 2. The smallest absolute Gasteiger partial charge is 0.236 e. The highest BCUT2D eigenvalue weighted by Gasteiger charge is 2.26. The number of carbonyl (C=O) groups excluding carboxylic acids is 1. The van der Waals surface area contributed by atoms with Crippen LogP contribution in [0.4, 0.5) is 0 Å². The van der Waals surface area contributed by atoms with E-state index < -0.39 is 0 Å². The summed E-state index contributed by atoms with van der Waals surface area (Å²) in [4.78, 5) is 12.0. The minimum Gasteiger partial charge on any atom is -0.354 e. The summed E-state index contributed by atoms with van der Waals surface area (Å²) in [6, 6.07) is 0.0668. The van der Waals surface area contributed by atoms with Crippen LogP contribution in [-0.4, -0.2) is 28.3 Å². The van der Waals surface area contributed by atoms with Crippen molar-refractivity contribution in [1.82, 2.24) is 20.4 Å². The van der Waals surface area contributed by atoms with Gasteiger partial charge < -0.3 is 5.32 Å². The number of aromatic nitrogens is 2. The first-order chi connectivity index (χ1) is 9.49. The van der Waals surface area contributed by atoms with Crippen molar-refractivity contribution in [1.29, 1.82) is 0 Å². The minimum atomic E-state index is -0.176. The summed E-state index contributed by atoms with van der Waals surface area (Å²) >= 11 is 0. The molecule has 1 aromatic rings. The van der Waals surface area contributed by atoms with Crippen molar-refractivity contribution in [3.8, 4) is 0 Å². The monoisotopic (exact) mass is 278 g/mol. The Bertz CT molecular complexity index is 466. The fourth-order valence-corrected chi connectivity index (χ4v) is 2.71. The van der Waals surface area contributed by atoms with Crippen LogP contribution in [0.2, 0.25) is 0 Å². The van der Waals surface area contributed by atoms with Gasteiger partial charge >= 0.3 is 0 Å². The molecule has 1 aliphatic rings. The van der Waals surface area contributed by atoms with Crippen LogP contribution >= 0.6 is 0 Å². The van der Waals surface area contributed by atoms with E-state index in [1.54, 1.807) is 0 Å². The third kappa shape index (κ3) is 3.39. The number of rotatable bonds is 5. The zero-order valence-corrected chi connectivity index (χ0v) is 12.9. The van der Waals surface area contributed by atoms with Gasteiger partial charge in [0.1, 0.15) is 0 Å². The number of hydrogen-bond acceptors (Lipinski definition) is 3. The Labute approximate surface area is 121 Å². The lowest BCUT2D eigenvalue weighted by Crippen LogP contribution is -2.45. The van der Waals surface area contributed by atoms with Crippen LogP contribution in [0, 0.1) is 5.92 Å². The molecule has 5 nitrogen and oxygen atoms in total. The average molecular weight is 278 g/mol. The van der Waals surface area contributed by atoms with Crippen molar-refractivity contribution in [3.63, 3.8) is 0 Å². The van der Waals surface area contributed by atoms with E-state index >= 15 is 0 Å². The van der Waals surface area contributed by atoms with Crippen molar-refractivity contribution >= 4 is 5.91 Å². The van der Waals surface area contributed by atoms with Gasteiger partial charge in [-0.15, -0.1) is 0 Å². The maximum absolute atomic E-state index is 12.0. The van der Waals surface area contributed by atoms with Gasteiger partial charge in [0.2, 0.25) is 5.91 Å². The maximum atomic E-state index is 12.0. The quantitative estimate of drug-likeness (QED) is 0.859. The van der Waals surface area contributed by atoms with Crippen LogP contribution in [0.1, 0.15) is 50.9 Å². The van der Waals surface area contributed by atoms with Gasteiger partial charge in [-0.2, -0.15) is 5.10 Å². The molecule has 0 fully saturated rings. The van der Waals surface area contributed by atoms with Crippen LogP contribution in [0.15, 0.2) is 6.20 Å². The maximum Gasteiger partial charge on any atom is 0.236 e. The molecule has 0 spiro atoms. The molecule has 2 rings (SSSR count). The Morgan fingerprint density at radius 2 is 2.25 bits per heavy atom. The minimum absolute atomic E-state index is 0.0784. The highest BCUT2D eigenvalue weighted by molar-refractivity contribution is 5.81. The van der Waals surface area contributed by atoms with Crippen molar-refractivity contribution in [2.24, 2.45) is 13.0 Å². The lowest BCUT2D eigenvalue weighted by molar-refractivity contribution is -0.123. The summed E-state index contributed by atoms with van der Waals surface area (Å²) in [5.74, 6) is 0.556. The molecule has 1 amide bonds. The number of fused-ring (bicyclic) bond motifs is 1. The Morgan fingerprint density at radius 3 is 2.95 bits per heavy atom. The SMILES string of the molecule is CC(C)CNC(=O)C(C)NC1CCCc2c1cnn2C. The molecule has 0 saturated carbocycles. The van der Waals surface area contributed by atoms with Gasteiger partial charge in [0.15, 0.2) is 0 Å². The van der Waals surface area contributed by atoms with E-state index in [1.165, 1.54) is 11.3 Å². The summed E-state index contributed by atoms with van der Waals surface area (Å²) < 4.78 is 1.95. The largest absolute Gasteiger partial charge is 0.354 e. The van der Waals surface area contributed by atoms with Gasteiger partial charge in [0, 0.05) is 30.9 Å². The molecule has 20 heavy (non-hydrogen) atoms. The van der Waals surface area contributed by atoms with E-state index in [0.29, 0.717) is 5.92 Å². The second kappa shape index (κ2) is 6.39. The molecule has 2 unspecified atom stereocenters. The third-order valence-electron chi connectivity index (χ3n) is 3.90. The van der Waals surface area contributed by atoms with E-state index in [2.05, 4.69) is 29.6 Å². The van der Waals surface area contributed by atoms with Gasteiger partial charge in [0.05, 0.1) is 12.2 Å². The van der Waals surface area contributed by atoms with Crippen molar-refractivity contribution < 1.29 is 4.79 Å². The van der Waals surface area contributed by atoms with E-state index in [1.807, 2.05) is 24.9 Å². The fraction of sp³-hybridized carbons (Fsp3) is 0.733. The molecule has 1 heterocycles. The normalized spacial score (nSPS) is 19.8. The second-order valence-electron chi connectivity index (χ2n) is 6.14. The molecule has 0 bridgehead atoms. The Hall–Kier alpha value is -1.36. The first-order valence-corrected chi connectivity index (χ1v) is 7.53. The van der Waals surface area contributed by atoms with E-state index in [9.17, 15) is 4.79 Å². The molecule has 2 N–H and O–H groups in total. The van der Waals surface area contributed by atoms with Crippen molar-refractivity contribution in [2.75, 3.05) is 6.54 Å². The summed E-state index contributed by atoms with van der Waals surface area (Å²) in [6.07, 6.45) is 5.23. The van der Waals surface area contributed by atoms with Gasteiger partial charge in [0.25, 0.3) is 0 Å². The Morgan fingerprint density at radius 1 is 1.50 bits per heavy atom. The highest BCUT2D eigenvalue weighted by Crippen LogP contribution is 2.29. The predicted octanol–water partition coefficient (Wildman–Crippen LogP) is 1.55. The van der Waals surface area contributed by atoms with Crippen LogP contribution in [0.3, 0.4) is 0 Å². The molecule has 1 aliphatic carbocycles. The number of nitrogens with one attached hydrogen (secondary N) is 2. The lowest BCUT2D eigenvalue weighted by Gasteiger charge is -2.27. The third-order valence-corrected chi connectivity index (χ3v) is 3.90. The van der Waals surface area contributed by atoms with Crippen LogP contribution in [0.5, 0.6) is 0 Å². The summed E-state index contributed by atoms with van der Waals surface area (Å²) in [6.45, 7) is 6.86. The molecule has 2 atom stereocenters. The first-order valence-electron chi connectivity index (χ1n) is 7.53. The molecule has 0 aromatic carbocycles. The average Bonchev–Trinajstić information content (AvgIpc) is 2.79. The Kier molecular flexibility index (Phi) is 4.81. The zero-order chi connectivity index (χ0) is 14.7. The number of aryl methyl sites for hydroxylation is 1. The standard InChI is InChI=1S/C15H26N4O/c1-10(2)8-16-15(20)11(3)18-13-6-5-7-14-12(13)9-17-19(14)4/h9-11,13,18H,5-8H2,1-4H3,(H,16,20). The summed E-state index contributed by atoms with van der Waals surface area (Å²) in [5.41, 5.74) is 2.55. The van der Waals surface area contributed by atoms with Crippen LogP contribution in [0.25, 0.3) is 0 Å². The first kappa shape index (κ1) is 15.0. The second-order valence-corrected chi connectivity index (χ2v) is 6.14. The fourth-order valence-electron chi connectivity index (χ4n) is 2.71. The van der Waals surface area contributed by atoms with E-state index in [-0.39, 0.29) is 18.0 Å². The molecule has 0 aliphatic heterocycles. The van der Waals surface area contributed by atoms with Crippen LogP contribution in [-0.2, 0) is 18.3 Å². The van der Waals surface area contributed by atoms with Crippen LogP contribution < -0.4 is 10.6 Å². The zero-order valence-electron chi connectivity index (χ0n) is 12.9. The molecule has 112 valence electrons. The molecular weight excluding hydrogens is 252 g/mol. The Balaban J connectivity index is 1.95. The molecule has 0 radical (unpaired) electrons. The van der Waals surface area contributed by atoms with Gasteiger partial charge in [-0.25, -0.2) is 0 Å². The molecule has 1 aromatic heterocycles. The van der Waals surface area contributed by atoms with E-state index in [4.69, 9.17) is 0 Å². The number of amides is 1. The van der Waals surface area contributed by atoms with Crippen molar-refractivity contribution in [2.45, 2.75) is 52.1 Å². The topological polar surface area (TPSA) is 59.0 Å². The van der Waals surface area contributed by atoms with Gasteiger partial charge in [-0.3, -0.25) is 14.8 Å². The highest BCUT2D eigenvalue weighted by atomic mass is 16.2. The summed E-state index contributed by atoms with van der Waals surface area (Å²) in [7, 11) is 1.99. The van der Waals surface area contributed by atoms with Crippen molar-refractivity contribution in [3.05, 3.63) is 17.5 Å². The van der Waals surface area contributed by atoms with E-state index in [0.717, 1.165) is 25.8 Å². The number of carbonyl (C=O) groups is 1. The molecule has 5 heteroatoms. The molecule has 0 saturated heterocycles. The van der Waals surface area contributed by atoms with Gasteiger partial charge in [-0.05, 0) is 32.1 Å². The lowest BCUT2D eigenvalue weighted by atomic mass is 9.92.